The van der Waals surface area contributed by atoms with Crippen LogP contribution in [0.15, 0.2) is 188 Å². The van der Waals surface area contributed by atoms with Crippen molar-refractivity contribution in [2.24, 2.45) is 0 Å². The molecule has 0 saturated carbocycles. The summed E-state index contributed by atoms with van der Waals surface area (Å²) in [5, 5.41) is 2.57. The summed E-state index contributed by atoms with van der Waals surface area (Å²) < 4.78 is 0. The van der Waals surface area contributed by atoms with Gasteiger partial charge in [-0.15, -0.1) is 0 Å². The van der Waals surface area contributed by atoms with E-state index in [1.165, 1.54) is 66.4 Å². The smallest absolute Gasteiger partial charge is 0.0540 e. The Labute approximate surface area is 294 Å². The highest BCUT2D eigenvalue weighted by Gasteiger charge is 2.37. The van der Waals surface area contributed by atoms with Crippen LogP contribution in [0.25, 0.3) is 55.3 Å². The standard InChI is InChI=1S/C49H37N/c1-49(2)44-27-15-13-26-43(44)48-45(49)33-36-19-9-10-23-40(36)47(48)35-29-31-38(32-30-35)50(37-20-7-4-8-21-37)46-28-16-14-25-42(46)41-24-12-11-22-39(41)34-17-5-3-6-18-34/h3-33H,1-2H3. The molecule has 0 saturated heterocycles. The van der Waals surface area contributed by atoms with Crippen molar-refractivity contribution < 1.29 is 0 Å². The van der Waals surface area contributed by atoms with Gasteiger partial charge in [0.05, 0.1) is 5.69 Å². The third-order valence-corrected chi connectivity index (χ3v) is 10.5. The van der Waals surface area contributed by atoms with Crippen LogP contribution in [0, 0.1) is 0 Å². The number of anilines is 3. The quantitative estimate of drug-likeness (QED) is 0.175. The molecule has 9 rings (SSSR count). The number of fused-ring (bicyclic) bond motifs is 4. The van der Waals surface area contributed by atoms with Crippen molar-refractivity contribution in [3.63, 3.8) is 0 Å². The molecule has 50 heavy (non-hydrogen) atoms. The Morgan fingerprint density at radius 1 is 0.380 bits per heavy atom. The second-order valence-electron chi connectivity index (χ2n) is 13.7. The molecule has 238 valence electrons. The lowest BCUT2D eigenvalue weighted by molar-refractivity contribution is 0.661. The number of rotatable bonds is 6. The molecule has 0 aliphatic heterocycles. The first-order valence-electron chi connectivity index (χ1n) is 17.5. The summed E-state index contributed by atoms with van der Waals surface area (Å²) in [6, 6.07) is 68.4. The van der Waals surface area contributed by atoms with Crippen molar-refractivity contribution in [2.75, 3.05) is 4.90 Å². The second-order valence-corrected chi connectivity index (χ2v) is 13.7. The molecule has 0 atom stereocenters. The van der Waals surface area contributed by atoms with E-state index in [0.29, 0.717) is 0 Å². The van der Waals surface area contributed by atoms with Gasteiger partial charge in [0.1, 0.15) is 0 Å². The highest BCUT2D eigenvalue weighted by atomic mass is 15.1. The van der Waals surface area contributed by atoms with Crippen LogP contribution in [0.4, 0.5) is 17.1 Å². The summed E-state index contributed by atoms with van der Waals surface area (Å²) in [4.78, 5) is 2.40. The van der Waals surface area contributed by atoms with E-state index < -0.39 is 0 Å². The van der Waals surface area contributed by atoms with Crippen LogP contribution < -0.4 is 4.90 Å². The van der Waals surface area contributed by atoms with E-state index >= 15 is 0 Å². The van der Waals surface area contributed by atoms with Crippen molar-refractivity contribution in [2.45, 2.75) is 19.3 Å². The van der Waals surface area contributed by atoms with Gasteiger partial charge in [-0.2, -0.15) is 0 Å². The van der Waals surface area contributed by atoms with E-state index in [1.807, 2.05) is 0 Å². The van der Waals surface area contributed by atoms with E-state index in [2.05, 4.69) is 207 Å². The Morgan fingerprint density at radius 2 is 0.940 bits per heavy atom. The van der Waals surface area contributed by atoms with E-state index in [-0.39, 0.29) is 5.41 Å². The Kier molecular flexibility index (Phi) is 7.21. The maximum Gasteiger partial charge on any atom is 0.0540 e. The van der Waals surface area contributed by atoms with Crippen LogP contribution in [-0.2, 0) is 5.41 Å². The van der Waals surface area contributed by atoms with Crippen LogP contribution in [0.5, 0.6) is 0 Å². The van der Waals surface area contributed by atoms with Crippen LogP contribution in [0.3, 0.4) is 0 Å². The lowest BCUT2D eigenvalue weighted by Gasteiger charge is -2.28. The molecular formula is C49H37N. The fourth-order valence-corrected chi connectivity index (χ4v) is 8.08. The molecule has 8 aromatic rings. The van der Waals surface area contributed by atoms with Crippen molar-refractivity contribution >= 4 is 27.8 Å². The molecule has 0 amide bonds. The monoisotopic (exact) mass is 639 g/mol. The summed E-state index contributed by atoms with van der Waals surface area (Å²) in [6.45, 7) is 4.73. The van der Waals surface area contributed by atoms with Gasteiger partial charge in [-0.25, -0.2) is 0 Å². The zero-order valence-corrected chi connectivity index (χ0v) is 28.3. The number of nitrogens with zero attached hydrogens (tertiary/aromatic N) is 1. The van der Waals surface area contributed by atoms with E-state index in [1.54, 1.807) is 0 Å². The number of hydrogen-bond acceptors (Lipinski definition) is 1. The molecule has 0 unspecified atom stereocenters. The molecule has 0 N–H and O–H groups in total. The average Bonchev–Trinajstić information content (AvgIpc) is 3.41. The molecule has 0 radical (unpaired) electrons. The Bertz CT molecular complexity index is 2490. The minimum Gasteiger partial charge on any atom is -0.310 e. The minimum absolute atomic E-state index is 0.0749. The van der Waals surface area contributed by atoms with Crippen molar-refractivity contribution in [3.05, 3.63) is 199 Å². The van der Waals surface area contributed by atoms with Gasteiger partial charge in [-0.1, -0.05) is 166 Å². The first-order chi connectivity index (χ1) is 24.6. The maximum absolute atomic E-state index is 2.42. The molecule has 0 spiro atoms. The Morgan fingerprint density at radius 3 is 1.70 bits per heavy atom. The van der Waals surface area contributed by atoms with Gasteiger partial charge in [-0.05, 0) is 97.2 Å². The highest BCUT2D eigenvalue weighted by Crippen LogP contribution is 2.54. The van der Waals surface area contributed by atoms with Crippen LogP contribution in [-0.4, -0.2) is 0 Å². The first-order valence-corrected chi connectivity index (χ1v) is 17.5. The summed E-state index contributed by atoms with van der Waals surface area (Å²) in [5.41, 5.74) is 16.1. The summed E-state index contributed by atoms with van der Waals surface area (Å²) in [7, 11) is 0. The van der Waals surface area contributed by atoms with Crippen LogP contribution in [0.2, 0.25) is 0 Å². The maximum atomic E-state index is 2.42. The molecule has 0 fully saturated rings. The molecule has 1 heteroatoms. The Balaban J connectivity index is 1.23. The van der Waals surface area contributed by atoms with Crippen LogP contribution >= 0.6 is 0 Å². The number of para-hydroxylation sites is 2. The van der Waals surface area contributed by atoms with Gasteiger partial charge >= 0.3 is 0 Å². The topological polar surface area (TPSA) is 3.24 Å². The van der Waals surface area contributed by atoms with Gasteiger partial charge in [-0.3, -0.25) is 0 Å². The number of hydrogen-bond donors (Lipinski definition) is 0. The molecule has 0 bridgehead atoms. The predicted octanol–water partition coefficient (Wildman–Crippen LogP) is 13.6. The summed E-state index contributed by atoms with van der Waals surface area (Å²) in [6.07, 6.45) is 0. The molecule has 0 aromatic heterocycles. The fraction of sp³-hybridized carbons (Fsp3) is 0.0612. The van der Waals surface area contributed by atoms with Crippen LogP contribution in [0.1, 0.15) is 25.0 Å². The zero-order valence-electron chi connectivity index (χ0n) is 28.3. The lowest BCUT2D eigenvalue weighted by atomic mass is 9.80. The summed E-state index contributed by atoms with van der Waals surface area (Å²) >= 11 is 0. The third kappa shape index (κ3) is 4.85. The van der Waals surface area contributed by atoms with E-state index in [9.17, 15) is 0 Å². The average molecular weight is 640 g/mol. The molecule has 1 aliphatic rings. The van der Waals surface area contributed by atoms with Gasteiger partial charge < -0.3 is 4.90 Å². The van der Waals surface area contributed by atoms with Gasteiger partial charge in [0.15, 0.2) is 0 Å². The molecular weight excluding hydrogens is 603 g/mol. The van der Waals surface area contributed by atoms with Crippen molar-refractivity contribution in [3.8, 4) is 44.5 Å². The Hall–Kier alpha value is -6.18. The van der Waals surface area contributed by atoms with Crippen molar-refractivity contribution in [1.82, 2.24) is 0 Å². The second kappa shape index (κ2) is 12.1. The number of benzene rings is 8. The van der Waals surface area contributed by atoms with Gasteiger partial charge in [0.2, 0.25) is 0 Å². The molecule has 8 aromatic carbocycles. The zero-order chi connectivity index (χ0) is 33.7. The van der Waals surface area contributed by atoms with E-state index in [4.69, 9.17) is 0 Å². The molecule has 1 aliphatic carbocycles. The third-order valence-electron chi connectivity index (χ3n) is 10.5. The first kappa shape index (κ1) is 29.9. The van der Waals surface area contributed by atoms with Crippen molar-refractivity contribution in [1.29, 1.82) is 0 Å². The SMILES string of the molecule is CC1(C)c2ccccc2-c2c1cc1ccccc1c2-c1ccc(N(c2ccccc2)c2ccccc2-c2ccccc2-c2ccccc2)cc1. The van der Waals surface area contributed by atoms with Gasteiger partial charge in [0, 0.05) is 22.4 Å². The molecule has 0 heterocycles. The lowest BCUT2D eigenvalue weighted by Crippen LogP contribution is -2.15. The van der Waals surface area contributed by atoms with Gasteiger partial charge in [0.25, 0.3) is 0 Å². The summed E-state index contributed by atoms with van der Waals surface area (Å²) in [5.74, 6) is 0. The van der Waals surface area contributed by atoms with E-state index in [0.717, 1.165) is 17.1 Å². The fourth-order valence-electron chi connectivity index (χ4n) is 8.08. The normalized spacial score (nSPS) is 12.8. The highest BCUT2D eigenvalue weighted by molar-refractivity contribution is 6.08. The predicted molar refractivity (Wildman–Crippen MR) is 213 cm³/mol. The minimum atomic E-state index is -0.0749. The largest absolute Gasteiger partial charge is 0.310 e. The molecule has 1 nitrogen and oxygen atoms in total.